The van der Waals surface area contributed by atoms with Crippen LogP contribution >= 0.6 is 0 Å². The van der Waals surface area contributed by atoms with Crippen molar-refractivity contribution in [2.75, 3.05) is 6.54 Å². The predicted molar refractivity (Wildman–Crippen MR) is 68.6 cm³/mol. The van der Waals surface area contributed by atoms with Crippen LogP contribution in [0.25, 0.3) is 0 Å². The highest BCUT2D eigenvalue weighted by Gasteiger charge is 2.53. The quantitative estimate of drug-likeness (QED) is 0.735. The van der Waals surface area contributed by atoms with Gasteiger partial charge in [-0.15, -0.1) is 0 Å². The lowest BCUT2D eigenvalue weighted by Gasteiger charge is -2.26. The second kappa shape index (κ2) is 5.31. The van der Waals surface area contributed by atoms with Crippen molar-refractivity contribution >= 4 is 5.78 Å². The number of carbonyl (C=O) groups excluding carboxylic acids is 1. The molecular weight excluding hydrogens is 198 g/mol. The summed E-state index contributed by atoms with van der Waals surface area (Å²) in [4.78, 5) is 14.2. The summed E-state index contributed by atoms with van der Waals surface area (Å²) >= 11 is 0. The van der Waals surface area contributed by atoms with Gasteiger partial charge in [0, 0.05) is 19.0 Å². The first-order valence-electron chi connectivity index (χ1n) is 6.86. The third-order valence-corrected chi connectivity index (χ3v) is 3.89. The minimum atomic E-state index is 0.238. The molecule has 1 saturated heterocycles. The van der Waals surface area contributed by atoms with E-state index in [4.69, 9.17) is 0 Å². The first-order chi connectivity index (χ1) is 7.58. The first-order valence-corrected chi connectivity index (χ1v) is 6.86. The van der Waals surface area contributed by atoms with Gasteiger partial charge in [-0.05, 0) is 38.5 Å². The highest BCUT2D eigenvalue weighted by molar-refractivity contribution is 5.84. The smallest absolute Gasteiger partial charge is 0.149 e. The molecule has 2 rings (SSSR count). The zero-order valence-corrected chi connectivity index (χ0v) is 11.5. The third-order valence-electron chi connectivity index (χ3n) is 3.89. The van der Waals surface area contributed by atoms with E-state index >= 15 is 0 Å². The molecule has 0 aromatic heterocycles. The number of ketones is 1. The Hall–Kier alpha value is -0.370. The van der Waals surface area contributed by atoms with E-state index < -0.39 is 0 Å². The molecule has 0 N–H and O–H groups in total. The van der Waals surface area contributed by atoms with E-state index in [2.05, 4.69) is 18.7 Å². The van der Waals surface area contributed by atoms with Crippen LogP contribution in [0.3, 0.4) is 0 Å². The van der Waals surface area contributed by atoms with Crippen molar-refractivity contribution < 1.29 is 4.79 Å². The average molecular weight is 225 g/mol. The largest absolute Gasteiger partial charge is 0.298 e. The molecule has 1 aliphatic heterocycles. The van der Waals surface area contributed by atoms with E-state index in [-0.39, 0.29) is 6.04 Å². The standard InChI is InChI=1S/C12H21NO.C2H6/c1-4-11(14)10-7-12(5-6-12)8-13(10)9(2)3;1-2/h9-10H,4-8H2,1-3H3;1-2H3. The molecule has 2 heteroatoms. The Morgan fingerprint density at radius 2 is 1.94 bits per heavy atom. The van der Waals surface area contributed by atoms with Gasteiger partial charge in [0.2, 0.25) is 0 Å². The predicted octanol–water partition coefficient (Wildman–Crippen LogP) is 3.25. The Kier molecular flexibility index (Phi) is 4.54. The molecule has 1 atom stereocenters. The zero-order valence-electron chi connectivity index (χ0n) is 11.5. The minimum Gasteiger partial charge on any atom is -0.298 e. The van der Waals surface area contributed by atoms with E-state index in [1.165, 1.54) is 19.4 Å². The topological polar surface area (TPSA) is 20.3 Å². The molecule has 1 heterocycles. The molecule has 2 nitrogen and oxygen atoms in total. The molecule has 0 aromatic carbocycles. The average Bonchev–Trinajstić information content (AvgIpc) is 2.91. The summed E-state index contributed by atoms with van der Waals surface area (Å²) in [6, 6.07) is 0.762. The van der Waals surface area contributed by atoms with Crippen LogP contribution < -0.4 is 0 Å². The number of nitrogens with zero attached hydrogens (tertiary/aromatic N) is 1. The highest BCUT2D eigenvalue weighted by Crippen LogP contribution is 2.55. The fourth-order valence-electron chi connectivity index (χ4n) is 2.71. The Morgan fingerprint density at radius 1 is 1.38 bits per heavy atom. The Labute approximate surface area is 100 Å². The Morgan fingerprint density at radius 3 is 2.31 bits per heavy atom. The molecule has 2 fully saturated rings. The van der Waals surface area contributed by atoms with Crippen LogP contribution in [0.5, 0.6) is 0 Å². The van der Waals surface area contributed by atoms with Crippen molar-refractivity contribution in [1.29, 1.82) is 0 Å². The Bertz CT molecular complexity index is 243. The zero-order chi connectivity index (χ0) is 12.3. The molecule has 1 saturated carbocycles. The molecule has 2 aliphatic rings. The summed E-state index contributed by atoms with van der Waals surface area (Å²) in [5.41, 5.74) is 0.555. The Balaban J connectivity index is 0.000000606. The van der Waals surface area contributed by atoms with Crippen molar-refractivity contribution in [2.45, 2.75) is 72.4 Å². The lowest BCUT2D eigenvalue weighted by Crippen LogP contribution is -2.40. The summed E-state index contributed by atoms with van der Waals surface area (Å²) in [6.45, 7) is 11.6. The number of hydrogen-bond acceptors (Lipinski definition) is 2. The van der Waals surface area contributed by atoms with Crippen LogP contribution in [0, 0.1) is 5.41 Å². The maximum absolute atomic E-state index is 11.8. The maximum atomic E-state index is 11.8. The molecule has 16 heavy (non-hydrogen) atoms. The van der Waals surface area contributed by atoms with E-state index in [0.717, 1.165) is 6.42 Å². The molecule has 0 amide bonds. The van der Waals surface area contributed by atoms with Gasteiger partial charge in [-0.3, -0.25) is 9.69 Å². The van der Waals surface area contributed by atoms with Crippen LogP contribution in [0.15, 0.2) is 0 Å². The van der Waals surface area contributed by atoms with Gasteiger partial charge in [-0.2, -0.15) is 0 Å². The highest BCUT2D eigenvalue weighted by atomic mass is 16.1. The van der Waals surface area contributed by atoms with E-state index in [1.807, 2.05) is 20.8 Å². The van der Waals surface area contributed by atoms with Crippen molar-refractivity contribution in [3.63, 3.8) is 0 Å². The van der Waals surface area contributed by atoms with E-state index in [1.54, 1.807) is 0 Å². The fourth-order valence-corrected chi connectivity index (χ4v) is 2.71. The first kappa shape index (κ1) is 13.7. The summed E-state index contributed by atoms with van der Waals surface area (Å²) < 4.78 is 0. The summed E-state index contributed by atoms with van der Waals surface area (Å²) in [5.74, 6) is 0.447. The van der Waals surface area contributed by atoms with Gasteiger partial charge in [-0.1, -0.05) is 20.8 Å². The normalized spacial score (nSPS) is 26.8. The number of hydrogen-bond donors (Lipinski definition) is 0. The lowest BCUT2D eigenvalue weighted by atomic mass is 10.00. The van der Waals surface area contributed by atoms with Crippen molar-refractivity contribution in [3.05, 3.63) is 0 Å². The summed E-state index contributed by atoms with van der Waals surface area (Å²) in [7, 11) is 0. The number of rotatable bonds is 3. The summed E-state index contributed by atoms with van der Waals surface area (Å²) in [6.07, 6.45) is 4.54. The van der Waals surface area contributed by atoms with Crippen molar-refractivity contribution in [1.82, 2.24) is 4.90 Å². The minimum absolute atomic E-state index is 0.238. The van der Waals surface area contributed by atoms with Crippen LogP contribution in [0.2, 0.25) is 0 Å². The second-order valence-electron chi connectivity index (χ2n) is 5.31. The SMILES string of the molecule is CC.CCC(=O)C1CC2(CC2)CN1C(C)C. The second-order valence-corrected chi connectivity index (χ2v) is 5.31. The number of Topliss-reactive ketones (excluding diaryl/α,β-unsaturated/α-hetero) is 1. The van der Waals surface area contributed by atoms with Crippen LogP contribution in [-0.2, 0) is 4.79 Å². The van der Waals surface area contributed by atoms with Gasteiger partial charge < -0.3 is 0 Å². The summed E-state index contributed by atoms with van der Waals surface area (Å²) in [5, 5.41) is 0. The maximum Gasteiger partial charge on any atom is 0.149 e. The van der Waals surface area contributed by atoms with Crippen LogP contribution in [-0.4, -0.2) is 29.3 Å². The molecule has 0 aromatic rings. The van der Waals surface area contributed by atoms with Gasteiger partial charge in [0.15, 0.2) is 0 Å². The molecule has 1 aliphatic carbocycles. The van der Waals surface area contributed by atoms with E-state index in [0.29, 0.717) is 23.7 Å². The monoisotopic (exact) mass is 225 g/mol. The van der Waals surface area contributed by atoms with Gasteiger partial charge in [0.05, 0.1) is 6.04 Å². The fraction of sp³-hybridized carbons (Fsp3) is 0.929. The lowest BCUT2D eigenvalue weighted by molar-refractivity contribution is -0.123. The molecule has 0 radical (unpaired) electrons. The van der Waals surface area contributed by atoms with Crippen molar-refractivity contribution in [2.24, 2.45) is 5.41 Å². The molecule has 1 spiro atoms. The number of carbonyl (C=O) groups is 1. The van der Waals surface area contributed by atoms with Gasteiger partial charge in [-0.25, -0.2) is 0 Å². The van der Waals surface area contributed by atoms with Crippen LogP contribution in [0.1, 0.15) is 60.3 Å². The molecule has 1 unspecified atom stereocenters. The molecule has 0 bridgehead atoms. The third kappa shape index (κ3) is 2.65. The van der Waals surface area contributed by atoms with Gasteiger partial charge >= 0.3 is 0 Å². The van der Waals surface area contributed by atoms with E-state index in [9.17, 15) is 4.79 Å². The van der Waals surface area contributed by atoms with Crippen LogP contribution in [0.4, 0.5) is 0 Å². The number of likely N-dealkylation sites (tertiary alicyclic amines) is 1. The van der Waals surface area contributed by atoms with Gasteiger partial charge in [0.1, 0.15) is 5.78 Å². The van der Waals surface area contributed by atoms with Crippen molar-refractivity contribution in [3.8, 4) is 0 Å². The van der Waals surface area contributed by atoms with Gasteiger partial charge in [0.25, 0.3) is 0 Å². The molecule has 94 valence electrons. The molecular formula is C14H27NO.